The summed E-state index contributed by atoms with van der Waals surface area (Å²) < 4.78 is 10.4. The monoisotopic (exact) mass is 480 g/mol. The van der Waals surface area contributed by atoms with Crippen LogP contribution in [0, 0.1) is 5.92 Å². The first kappa shape index (κ1) is 24.3. The van der Waals surface area contributed by atoms with Gasteiger partial charge in [-0.2, -0.15) is 0 Å². The van der Waals surface area contributed by atoms with Gasteiger partial charge in [0.2, 0.25) is 6.04 Å². The number of benzene rings is 2. The Kier molecular flexibility index (Phi) is 7.33. The number of hydrogen-bond acceptors (Lipinski definition) is 6. The number of aliphatic carboxylic acids is 1. The second-order valence-electron chi connectivity index (χ2n) is 8.71. The zero-order chi connectivity index (χ0) is 24.9. The first-order valence-electron chi connectivity index (χ1n) is 11.7. The molecule has 1 unspecified atom stereocenters. The van der Waals surface area contributed by atoms with E-state index in [-0.39, 0.29) is 25.6 Å². The van der Waals surface area contributed by atoms with Gasteiger partial charge < -0.3 is 19.9 Å². The molecule has 1 fully saturated rings. The highest BCUT2D eigenvalue weighted by Gasteiger charge is 2.36. The van der Waals surface area contributed by atoms with Crippen molar-refractivity contribution in [3.05, 3.63) is 59.7 Å². The fraction of sp³-hybridized carbons (Fsp3) is 0.385. The molecule has 3 N–H and O–H groups in total. The van der Waals surface area contributed by atoms with Crippen LogP contribution in [0.25, 0.3) is 11.1 Å². The summed E-state index contributed by atoms with van der Waals surface area (Å²) >= 11 is 0. The molecule has 2 aromatic carbocycles. The Bertz CT molecular complexity index is 1090. The molecule has 0 heterocycles. The van der Waals surface area contributed by atoms with Gasteiger partial charge in [-0.3, -0.25) is 14.9 Å². The van der Waals surface area contributed by atoms with Crippen molar-refractivity contribution < 1.29 is 33.8 Å². The van der Waals surface area contributed by atoms with Crippen molar-refractivity contribution in [3.8, 4) is 11.1 Å². The van der Waals surface area contributed by atoms with Gasteiger partial charge in [0.15, 0.2) is 0 Å². The number of carboxylic acid groups (broad SMARTS) is 1. The van der Waals surface area contributed by atoms with Crippen LogP contribution in [-0.2, 0) is 23.9 Å². The van der Waals surface area contributed by atoms with Crippen LogP contribution in [0.3, 0.4) is 0 Å². The van der Waals surface area contributed by atoms with E-state index in [1.54, 1.807) is 6.92 Å². The lowest BCUT2D eigenvalue weighted by molar-refractivity contribution is -0.149. The first-order chi connectivity index (χ1) is 16.9. The lowest BCUT2D eigenvalue weighted by atomic mass is 9.98. The highest BCUT2D eigenvalue weighted by Crippen LogP contribution is 2.44. The van der Waals surface area contributed by atoms with Crippen LogP contribution in [0.1, 0.15) is 43.2 Å². The molecule has 35 heavy (non-hydrogen) atoms. The molecule has 4 rings (SSSR count). The Morgan fingerprint density at radius 1 is 0.971 bits per heavy atom. The third-order valence-corrected chi connectivity index (χ3v) is 6.52. The van der Waals surface area contributed by atoms with E-state index in [4.69, 9.17) is 14.6 Å². The summed E-state index contributed by atoms with van der Waals surface area (Å²) in [5.41, 5.74) is 4.24. The molecule has 0 aromatic heterocycles. The van der Waals surface area contributed by atoms with E-state index in [1.807, 2.05) is 48.5 Å². The topological polar surface area (TPSA) is 131 Å². The maximum atomic E-state index is 12.8. The van der Waals surface area contributed by atoms with Crippen molar-refractivity contribution in [2.24, 2.45) is 5.92 Å². The minimum atomic E-state index is -1.60. The lowest BCUT2D eigenvalue weighted by Gasteiger charge is -2.20. The molecular weight excluding hydrogens is 452 g/mol. The van der Waals surface area contributed by atoms with E-state index in [0.717, 1.165) is 22.3 Å². The molecule has 0 aliphatic heterocycles. The first-order valence-corrected chi connectivity index (χ1v) is 11.7. The van der Waals surface area contributed by atoms with Crippen molar-refractivity contribution in [1.29, 1.82) is 0 Å². The summed E-state index contributed by atoms with van der Waals surface area (Å²) in [5, 5.41) is 14.1. The summed E-state index contributed by atoms with van der Waals surface area (Å²) in [5.74, 6) is -3.30. The van der Waals surface area contributed by atoms with Gasteiger partial charge in [0.05, 0.1) is 12.5 Å². The molecule has 184 valence electrons. The number of rotatable bonds is 8. The Hall–Kier alpha value is -3.88. The van der Waals surface area contributed by atoms with E-state index in [1.165, 1.54) is 0 Å². The number of carbonyl (C=O) groups excluding carboxylic acids is 3. The normalized spacial score (nSPS) is 19.2. The molecular formula is C26H28N2O7. The summed E-state index contributed by atoms with van der Waals surface area (Å²) in [6.45, 7) is 1.65. The van der Waals surface area contributed by atoms with E-state index in [9.17, 15) is 19.2 Å². The Balaban J connectivity index is 1.40. The maximum Gasteiger partial charge on any atom is 0.408 e. The SMILES string of the molecule is CCOC(=O)C(NC(=O)OCC1c2ccccc2-c2ccccc21)C(=O)N[C@@H]1CC[C@H](C(=O)O)C1. The average Bonchev–Trinajstić information content (AvgIpc) is 3.44. The number of nitrogens with one attached hydrogen (secondary N) is 2. The van der Waals surface area contributed by atoms with Crippen molar-refractivity contribution in [2.45, 2.75) is 44.2 Å². The zero-order valence-corrected chi connectivity index (χ0v) is 19.4. The van der Waals surface area contributed by atoms with Gasteiger partial charge in [0, 0.05) is 12.0 Å². The molecule has 1 saturated carbocycles. The van der Waals surface area contributed by atoms with Gasteiger partial charge in [-0.05, 0) is 48.4 Å². The molecule has 0 radical (unpaired) electrons. The fourth-order valence-corrected chi connectivity index (χ4v) is 4.84. The van der Waals surface area contributed by atoms with Crippen molar-refractivity contribution in [2.75, 3.05) is 13.2 Å². The molecule has 0 saturated heterocycles. The van der Waals surface area contributed by atoms with Crippen LogP contribution >= 0.6 is 0 Å². The smallest absolute Gasteiger partial charge is 0.408 e. The van der Waals surface area contributed by atoms with E-state index in [2.05, 4.69) is 10.6 Å². The molecule has 0 spiro atoms. The number of carbonyl (C=O) groups is 4. The minimum absolute atomic E-state index is 0.0273. The van der Waals surface area contributed by atoms with Gasteiger partial charge in [-0.25, -0.2) is 9.59 Å². The van der Waals surface area contributed by atoms with E-state index >= 15 is 0 Å². The zero-order valence-electron chi connectivity index (χ0n) is 19.4. The van der Waals surface area contributed by atoms with Crippen LogP contribution in [0.15, 0.2) is 48.5 Å². The van der Waals surface area contributed by atoms with Gasteiger partial charge in [-0.1, -0.05) is 48.5 Å². The third-order valence-electron chi connectivity index (χ3n) is 6.52. The van der Waals surface area contributed by atoms with Crippen molar-refractivity contribution in [3.63, 3.8) is 0 Å². The summed E-state index contributed by atoms with van der Waals surface area (Å²) in [6, 6.07) is 13.8. The van der Waals surface area contributed by atoms with Crippen molar-refractivity contribution >= 4 is 23.9 Å². The fourth-order valence-electron chi connectivity index (χ4n) is 4.84. The maximum absolute atomic E-state index is 12.8. The standard InChI is InChI=1S/C26H28N2O7/c1-2-34-25(32)22(23(29)27-16-12-11-15(13-16)24(30)31)28-26(33)35-14-21-19-9-5-3-7-17(19)18-8-4-6-10-20(18)21/h3-10,15-16,21-22H,2,11-14H2,1H3,(H,27,29)(H,28,33)(H,30,31)/t15-,16+,22?/m0/s1. The number of amides is 2. The molecule has 3 atom stereocenters. The number of esters is 1. The number of ether oxygens (including phenoxy) is 2. The predicted molar refractivity (Wildman–Crippen MR) is 126 cm³/mol. The van der Waals surface area contributed by atoms with Crippen LogP contribution in [0.4, 0.5) is 4.79 Å². The predicted octanol–water partition coefficient (Wildman–Crippen LogP) is 2.83. The minimum Gasteiger partial charge on any atom is -0.481 e. The highest BCUT2D eigenvalue weighted by atomic mass is 16.6. The van der Waals surface area contributed by atoms with Gasteiger partial charge in [0.25, 0.3) is 5.91 Å². The van der Waals surface area contributed by atoms with Crippen LogP contribution < -0.4 is 10.6 Å². The summed E-state index contributed by atoms with van der Waals surface area (Å²) in [6.07, 6.45) is 0.254. The highest BCUT2D eigenvalue weighted by molar-refractivity contribution is 6.04. The lowest BCUT2D eigenvalue weighted by Crippen LogP contribution is -2.54. The molecule has 2 aliphatic carbocycles. The van der Waals surface area contributed by atoms with E-state index < -0.39 is 41.9 Å². The van der Waals surface area contributed by atoms with Gasteiger partial charge in [0.1, 0.15) is 6.61 Å². The van der Waals surface area contributed by atoms with Crippen LogP contribution in [0.5, 0.6) is 0 Å². The molecule has 2 amide bonds. The van der Waals surface area contributed by atoms with Crippen LogP contribution in [0.2, 0.25) is 0 Å². The second-order valence-corrected chi connectivity index (χ2v) is 8.71. The van der Waals surface area contributed by atoms with E-state index in [0.29, 0.717) is 12.8 Å². The Morgan fingerprint density at radius 2 is 1.60 bits per heavy atom. The second kappa shape index (κ2) is 10.6. The largest absolute Gasteiger partial charge is 0.481 e. The van der Waals surface area contributed by atoms with Gasteiger partial charge >= 0.3 is 18.0 Å². The average molecular weight is 481 g/mol. The quantitative estimate of drug-likeness (QED) is 0.391. The molecule has 9 nitrogen and oxygen atoms in total. The molecule has 2 aliphatic rings. The summed E-state index contributed by atoms with van der Waals surface area (Å²) in [7, 11) is 0. The van der Waals surface area contributed by atoms with Crippen LogP contribution in [-0.4, -0.2) is 54.3 Å². The number of hydrogen-bond donors (Lipinski definition) is 3. The van der Waals surface area contributed by atoms with Crippen molar-refractivity contribution in [1.82, 2.24) is 10.6 Å². The third kappa shape index (κ3) is 5.29. The number of carboxylic acids is 1. The number of fused-ring (bicyclic) bond motifs is 3. The Labute approximate surface area is 202 Å². The Morgan fingerprint density at radius 3 is 2.17 bits per heavy atom. The molecule has 0 bridgehead atoms. The van der Waals surface area contributed by atoms with Gasteiger partial charge in [-0.15, -0.1) is 0 Å². The molecule has 9 heteroatoms. The molecule has 2 aromatic rings. The summed E-state index contributed by atoms with van der Waals surface area (Å²) in [4.78, 5) is 49.0. The number of alkyl carbamates (subject to hydrolysis) is 1.